The molecule has 18 heteroatoms. The van der Waals surface area contributed by atoms with E-state index < -0.39 is 41.4 Å². The third-order valence-corrected chi connectivity index (χ3v) is 11.4. The van der Waals surface area contributed by atoms with Crippen molar-refractivity contribution in [2.75, 3.05) is 52.7 Å². The second-order valence-corrected chi connectivity index (χ2v) is 17.4. The van der Waals surface area contributed by atoms with Crippen molar-refractivity contribution in [2.45, 2.75) is 136 Å². The number of nitrogens with zero attached hydrogens (tertiary/aromatic N) is 5. The number of unbranched alkanes of at least 4 members (excludes halogenated alkanes) is 9. The van der Waals surface area contributed by atoms with Crippen molar-refractivity contribution >= 4 is 41.0 Å². The van der Waals surface area contributed by atoms with E-state index >= 15 is 0 Å². The molecule has 0 bridgehead atoms. The summed E-state index contributed by atoms with van der Waals surface area (Å²) >= 11 is 1.56. The number of ether oxygens (including phenoxy) is 4. The largest absolute Gasteiger partial charge is 0.481 e. The fraction of sp³-hybridized carbons (Fsp3) is 0.682. The number of carbonyl (C=O) groups is 5. The number of thiazole rings is 1. The van der Waals surface area contributed by atoms with Gasteiger partial charge in [-0.05, 0) is 41.8 Å². The van der Waals surface area contributed by atoms with Gasteiger partial charge in [0.05, 0.1) is 55.7 Å². The van der Waals surface area contributed by atoms with E-state index in [2.05, 4.69) is 25.6 Å². The van der Waals surface area contributed by atoms with Gasteiger partial charge in [-0.25, -0.2) is 4.98 Å². The van der Waals surface area contributed by atoms with Crippen molar-refractivity contribution in [3.63, 3.8) is 0 Å². The number of carboxylic acids is 1. The Kier molecular flexibility index (Phi) is 24.1. The zero-order chi connectivity index (χ0) is 45.2. The van der Waals surface area contributed by atoms with E-state index in [1.165, 1.54) is 4.90 Å². The summed E-state index contributed by atoms with van der Waals surface area (Å²) in [6.07, 6.45) is 9.57. The number of esters is 1. The lowest BCUT2D eigenvalue weighted by atomic mass is 9.85. The molecule has 0 radical (unpaired) electrons. The highest BCUT2D eigenvalue weighted by molar-refractivity contribution is 7.13. The molecule has 1 aromatic heterocycles. The van der Waals surface area contributed by atoms with Gasteiger partial charge >= 0.3 is 11.9 Å². The topological polar surface area (TPSA) is 231 Å². The highest BCUT2D eigenvalue weighted by Crippen LogP contribution is 2.29. The summed E-state index contributed by atoms with van der Waals surface area (Å²) in [6.45, 7) is 8.85. The Morgan fingerprint density at radius 2 is 1.50 bits per heavy atom. The lowest BCUT2D eigenvalue weighted by Gasteiger charge is -2.35. The Labute approximate surface area is 369 Å². The van der Waals surface area contributed by atoms with Crippen LogP contribution in [-0.2, 0) is 49.5 Å². The predicted octanol–water partition coefficient (Wildman–Crippen LogP) is 6.90. The van der Waals surface area contributed by atoms with E-state index in [4.69, 9.17) is 29.6 Å². The summed E-state index contributed by atoms with van der Waals surface area (Å²) in [6, 6.07) is 5.90. The maximum Gasteiger partial charge on any atom is 0.306 e. The number of carboxylic acid groups (broad SMARTS) is 1. The molecule has 1 fully saturated rings. The zero-order valence-corrected chi connectivity index (χ0v) is 37.8. The Bertz CT molecular complexity index is 1730. The van der Waals surface area contributed by atoms with E-state index in [1.54, 1.807) is 16.8 Å². The van der Waals surface area contributed by atoms with Gasteiger partial charge < -0.3 is 39.6 Å². The van der Waals surface area contributed by atoms with Gasteiger partial charge in [-0.2, -0.15) is 0 Å². The molecular weight excluding hydrogens is 819 g/mol. The minimum Gasteiger partial charge on any atom is -0.481 e. The normalized spacial score (nSPS) is 15.5. The number of rotatable bonds is 31. The average molecular weight is 886 g/mol. The molecular formula is C44H67N7O10S. The maximum absolute atomic E-state index is 14.4. The third kappa shape index (κ3) is 20.1. The van der Waals surface area contributed by atoms with Gasteiger partial charge in [-0.15, -0.1) is 11.3 Å². The molecule has 344 valence electrons. The number of hydrogen-bond acceptors (Lipinski definition) is 12. The molecule has 1 aromatic carbocycles. The first kappa shape index (κ1) is 51.7. The Morgan fingerprint density at radius 1 is 0.903 bits per heavy atom. The molecule has 2 heterocycles. The Hall–Kier alpha value is -4.61. The van der Waals surface area contributed by atoms with Crippen LogP contribution in [-0.4, -0.2) is 116 Å². The van der Waals surface area contributed by atoms with E-state index in [0.29, 0.717) is 26.2 Å². The third-order valence-electron chi connectivity index (χ3n) is 10.4. The van der Waals surface area contributed by atoms with Crippen LogP contribution < -0.4 is 10.6 Å². The molecule has 3 N–H and O–H groups in total. The predicted molar refractivity (Wildman–Crippen MR) is 235 cm³/mol. The molecule has 0 saturated carbocycles. The number of nitrogens with one attached hydrogen (secondary N) is 2. The molecule has 3 amide bonds. The van der Waals surface area contributed by atoms with Crippen molar-refractivity contribution in [1.82, 2.24) is 20.5 Å². The number of hydrogen-bond donors (Lipinski definition) is 3. The SMILES string of the molecule is Cc1ncsc1-c1ccc(CNC(=O)[C@@H]2C[C@@H](OC(=O)CCCCCCCCCCCCC(=O)O)CN2C(=O)[C@@H](NC(=O)COCCOCCOCCN=[N+]=[N-])C(C)(C)C)cc1. The summed E-state index contributed by atoms with van der Waals surface area (Å²) in [5, 5.41) is 17.9. The molecule has 17 nitrogen and oxygen atoms in total. The first-order valence-electron chi connectivity index (χ1n) is 21.8. The Balaban J connectivity index is 1.54. The summed E-state index contributed by atoms with van der Waals surface area (Å²) in [7, 11) is 0. The fourth-order valence-electron chi connectivity index (χ4n) is 7.01. The van der Waals surface area contributed by atoms with Crippen molar-refractivity contribution < 1.29 is 48.0 Å². The van der Waals surface area contributed by atoms with E-state index in [-0.39, 0.29) is 70.6 Å². The maximum atomic E-state index is 14.4. The van der Waals surface area contributed by atoms with Gasteiger partial charge in [0, 0.05) is 37.3 Å². The quantitative estimate of drug-likeness (QED) is 0.0232. The summed E-state index contributed by atoms with van der Waals surface area (Å²) in [4.78, 5) is 74.5. The van der Waals surface area contributed by atoms with E-state index in [1.807, 2.05) is 52.0 Å². The summed E-state index contributed by atoms with van der Waals surface area (Å²) in [5.74, 6) is -2.47. The van der Waals surface area contributed by atoms with Crippen LogP contribution in [0.3, 0.4) is 0 Å². The molecule has 1 aliphatic rings. The molecule has 1 saturated heterocycles. The highest BCUT2D eigenvalue weighted by atomic mass is 32.1. The first-order chi connectivity index (χ1) is 29.8. The monoisotopic (exact) mass is 885 g/mol. The summed E-state index contributed by atoms with van der Waals surface area (Å²) < 4.78 is 22.1. The summed E-state index contributed by atoms with van der Waals surface area (Å²) in [5.41, 5.74) is 12.2. The molecule has 3 atom stereocenters. The number of aromatic nitrogens is 1. The van der Waals surface area contributed by atoms with Crippen LogP contribution in [0.4, 0.5) is 0 Å². The zero-order valence-electron chi connectivity index (χ0n) is 36.9. The minimum atomic E-state index is -1.01. The number of azide groups is 1. The molecule has 0 spiro atoms. The van der Waals surface area contributed by atoms with Gasteiger partial charge in [-0.1, -0.05) is 102 Å². The van der Waals surface area contributed by atoms with Crippen LogP contribution in [0.2, 0.25) is 0 Å². The van der Waals surface area contributed by atoms with E-state index in [9.17, 15) is 24.0 Å². The van der Waals surface area contributed by atoms with Crippen LogP contribution >= 0.6 is 11.3 Å². The number of aryl methyl sites for hydroxylation is 1. The van der Waals surface area contributed by atoms with Crippen molar-refractivity contribution in [1.29, 1.82) is 0 Å². The molecule has 1 aliphatic heterocycles. The molecule has 62 heavy (non-hydrogen) atoms. The highest BCUT2D eigenvalue weighted by Gasteiger charge is 2.46. The van der Waals surface area contributed by atoms with E-state index in [0.717, 1.165) is 79.5 Å². The first-order valence-corrected chi connectivity index (χ1v) is 22.7. The molecule has 0 unspecified atom stereocenters. The minimum absolute atomic E-state index is 0.00735. The fourth-order valence-corrected chi connectivity index (χ4v) is 7.82. The van der Waals surface area contributed by atoms with Crippen LogP contribution in [0, 0.1) is 12.3 Å². The second kappa shape index (κ2) is 28.9. The van der Waals surface area contributed by atoms with Gasteiger partial charge in [0.1, 0.15) is 24.8 Å². The lowest BCUT2D eigenvalue weighted by molar-refractivity contribution is -0.150. The number of amides is 3. The van der Waals surface area contributed by atoms with Crippen LogP contribution in [0.25, 0.3) is 20.9 Å². The number of carbonyl (C=O) groups excluding carboxylic acids is 4. The number of likely N-dealkylation sites (tertiary alicyclic amines) is 1. The van der Waals surface area contributed by atoms with Gasteiger partial charge in [0.25, 0.3) is 0 Å². The van der Waals surface area contributed by atoms with Gasteiger partial charge in [0.15, 0.2) is 0 Å². The molecule has 2 aromatic rings. The molecule has 0 aliphatic carbocycles. The van der Waals surface area contributed by atoms with Crippen molar-refractivity contribution in [3.05, 3.63) is 51.5 Å². The number of benzene rings is 1. The van der Waals surface area contributed by atoms with Crippen molar-refractivity contribution in [3.8, 4) is 10.4 Å². The van der Waals surface area contributed by atoms with Crippen molar-refractivity contribution in [2.24, 2.45) is 10.5 Å². The lowest BCUT2D eigenvalue weighted by Crippen LogP contribution is -2.58. The standard InChI is InChI=1S/C44H67N7O10S/c1-32-40(62-31-47-32)34-19-17-33(18-20-34)28-46-42(56)36-27-35(61-39(55)16-14-12-10-8-6-5-7-9-11-13-15-38(53)54)29-51(36)43(57)41(44(2,3)4)49-37(52)30-60-26-25-59-24-23-58-22-21-48-50-45/h17-20,31,35-36,41H,5-16,21-30H2,1-4H3,(H,46,56)(H,49,52)(H,53,54)/t35-,36+,41-/m1/s1. The Morgan fingerprint density at radius 3 is 2.08 bits per heavy atom. The van der Waals surface area contributed by atoms with Gasteiger partial charge in [0.2, 0.25) is 17.7 Å². The number of aliphatic carboxylic acids is 1. The molecule has 3 rings (SSSR count). The van der Waals surface area contributed by atoms with Crippen LogP contribution in [0.15, 0.2) is 34.9 Å². The smallest absolute Gasteiger partial charge is 0.306 e. The van der Waals surface area contributed by atoms with Crippen LogP contribution in [0.1, 0.15) is 115 Å². The average Bonchev–Trinajstić information content (AvgIpc) is 3.87. The second-order valence-electron chi connectivity index (χ2n) is 16.6. The van der Waals surface area contributed by atoms with Crippen LogP contribution in [0.5, 0.6) is 0 Å². The van der Waals surface area contributed by atoms with Gasteiger partial charge in [-0.3, -0.25) is 24.0 Å².